The third-order valence-corrected chi connectivity index (χ3v) is 2.45. The lowest BCUT2D eigenvalue weighted by Crippen LogP contribution is -2.31. The van der Waals surface area contributed by atoms with E-state index in [9.17, 15) is 27.2 Å². The number of methoxy groups -OCH3 is 2. The monoisotopic (exact) mass is 352 g/mol. The number of azo groups is 1. The quantitative estimate of drug-likeness (QED) is 0.326. The molecule has 24 heavy (non-hydrogen) atoms. The smallest absolute Gasteiger partial charge is 0.467 e. The Morgan fingerprint density at radius 3 is 2.42 bits per heavy atom. The minimum Gasteiger partial charge on any atom is -0.467 e. The Morgan fingerprint density at radius 2 is 1.92 bits per heavy atom. The van der Waals surface area contributed by atoms with Crippen molar-refractivity contribution in [3.63, 3.8) is 0 Å². The van der Waals surface area contributed by atoms with Gasteiger partial charge >= 0.3 is 12.3 Å². The highest BCUT2D eigenvalue weighted by Gasteiger charge is 2.31. The highest BCUT2D eigenvalue weighted by Crippen LogP contribution is 2.28. The van der Waals surface area contributed by atoms with E-state index in [2.05, 4.69) is 24.4 Å². The number of halogens is 4. The maximum atomic E-state index is 13.7. The van der Waals surface area contributed by atoms with Crippen LogP contribution in [-0.4, -0.2) is 45.0 Å². The maximum Gasteiger partial charge on any atom is 0.573 e. The number of ketones is 1. The number of esters is 1. The molecule has 0 amide bonds. The van der Waals surface area contributed by atoms with E-state index in [1.54, 1.807) is 0 Å². The number of carbonyl (C=O) groups is 2. The normalized spacial score (nSPS) is 12.9. The van der Waals surface area contributed by atoms with Gasteiger partial charge in [0.25, 0.3) is 0 Å². The summed E-state index contributed by atoms with van der Waals surface area (Å²) in [5.74, 6) is -3.81. The molecule has 0 aliphatic carbocycles. The Balaban J connectivity index is 2.98. The summed E-state index contributed by atoms with van der Waals surface area (Å²) in [5.41, 5.74) is -0.497. The minimum absolute atomic E-state index is 0.436. The van der Waals surface area contributed by atoms with Gasteiger partial charge in [-0.2, -0.15) is 10.2 Å². The number of ether oxygens (including phenoxy) is 3. The number of carbonyl (C=O) groups excluding carboxylic acids is 2. The maximum absolute atomic E-state index is 13.7. The van der Waals surface area contributed by atoms with Crippen molar-refractivity contribution >= 4 is 17.4 Å². The first-order valence-corrected chi connectivity index (χ1v) is 6.23. The highest BCUT2D eigenvalue weighted by atomic mass is 19.4. The Kier molecular flexibility index (Phi) is 6.77. The zero-order valence-electron chi connectivity index (χ0n) is 12.5. The molecule has 11 heteroatoms. The van der Waals surface area contributed by atoms with Crippen LogP contribution in [0.2, 0.25) is 0 Å². The van der Waals surface area contributed by atoms with Crippen LogP contribution in [0.15, 0.2) is 28.4 Å². The number of benzene rings is 1. The largest absolute Gasteiger partial charge is 0.573 e. The van der Waals surface area contributed by atoms with Crippen LogP contribution in [0, 0.1) is 5.82 Å². The van der Waals surface area contributed by atoms with Gasteiger partial charge in [0.05, 0.1) is 7.11 Å². The summed E-state index contributed by atoms with van der Waals surface area (Å²) in [6.45, 7) is -0.459. The first-order chi connectivity index (χ1) is 11.2. The van der Waals surface area contributed by atoms with Crippen LogP contribution in [0.3, 0.4) is 0 Å². The summed E-state index contributed by atoms with van der Waals surface area (Å²) >= 11 is 0. The summed E-state index contributed by atoms with van der Waals surface area (Å²) in [6, 6.07) is 0.399. The fourth-order valence-electron chi connectivity index (χ4n) is 1.46. The van der Waals surface area contributed by atoms with Gasteiger partial charge in [-0.3, -0.25) is 4.79 Å². The summed E-state index contributed by atoms with van der Waals surface area (Å²) in [7, 11) is 2.22. The third kappa shape index (κ3) is 5.91. The van der Waals surface area contributed by atoms with Crippen LogP contribution in [0.5, 0.6) is 5.75 Å². The van der Waals surface area contributed by atoms with Gasteiger partial charge in [-0.15, -0.1) is 13.2 Å². The standard InChI is InChI=1S/C13H12F4N2O5/c1-22-6-10(20)11(12(21)23-2)19-18-9-4-3-7(5-8(9)14)24-13(15,16)17/h3-5,11H,6H2,1-2H3. The number of rotatable bonds is 7. The van der Waals surface area contributed by atoms with Crippen LogP contribution in [-0.2, 0) is 19.1 Å². The van der Waals surface area contributed by atoms with Crippen LogP contribution in [0.1, 0.15) is 0 Å². The van der Waals surface area contributed by atoms with Gasteiger partial charge in [0.1, 0.15) is 18.0 Å². The molecule has 1 rings (SSSR count). The Morgan fingerprint density at radius 1 is 1.25 bits per heavy atom. The summed E-state index contributed by atoms with van der Waals surface area (Å²) in [4.78, 5) is 23.1. The molecule has 0 spiro atoms. The molecule has 0 aromatic heterocycles. The van der Waals surface area contributed by atoms with Gasteiger partial charge in [0.2, 0.25) is 6.04 Å². The van der Waals surface area contributed by atoms with E-state index >= 15 is 0 Å². The van der Waals surface area contributed by atoms with E-state index in [-0.39, 0.29) is 0 Å². The average molecular weight is 352 g/mol. The van der Waals surface area contributed by atoms with Crippen molar-refractivity contribution in [2.45, 2.75) is 12.4 Å². The van der Waals surface area contributed by atoms with Crippen molar-refractivity contribution in [1.82, 2.24) is 0 Å². The van der Waals surface area contributed by atoms with Crippen molar-refractivity contribution in [2.75, 3.05) is 20.8 Å². The summed E-state index contributed by atoms with van der Waals surface area (Å²) < 4.78 is 62.2. The molecule has 132 valence electrons. The molecule has 7 nitrogen and oxygen atoms in total. The molecule has 1 aromatic rings. The Bertz CT molecular complexity index is 633. The number of hydrogen-bond donors (Lipinski definition) is 0. The fourth-order valence-corrected chi connectivity index (χ4v) is 1.46. The van der Waals surface area contributed by atoms with Crippen LogP contribution < -0.4 is 4.74 Å². The minimum atomic E-state index is -4.97. The second-order valence-corrected chi connectivity index (χ2v) is 4.20. The Labute approximate surface area is 133 Å². The lowest BCUT2D eigenvalue weighted by molar-refractivity contribution is -0.274. The van der Waals surface area contributed by atoms with E-state index < -0.39 is 48.0 Å². The van der Waals surface area contributed by atoms with Crippen LogP contribution in [0.4, 0.5) is 23.2 Å². The lowest BCUT2D eigenvalue weighted by Gasteiger charge is -2.09. The molecule has 0 N–H and O–H groups in total. The van der Waals surface area contributed by atoms with Crippen LogP contribution >= 0.6 is 0 Å². The van der Waals surface area contributed by atoms with Crippen molar-refractivity contribution in [3.05, 3.63) is 24.0 Å². The molecule has 0 aliphatic heterocycles. The van der Waals surface area contributed by atoms with Crippen molar-refractivity contribution in [2.24, 2.45) is 10.2 Å². The average Bonchev–Trinajstić information content (AvgIpc) is 2.47. The molecular weight excluding hydrogens is 340 g/mol. The molecule has 1 unspecified atom stereocenters. The predicted octanol–water partition coefficient (Wildman–Crippen LogP) is 2.57. The number of Topliss-reactive ketones (excluding diaryl/α,β-unsaturated/α-hetero) is 1. The van der Waals surface area contributed by atoms with E-state index in [0.29, 0.717) is 6.07 Å². The number of alkyl halides is 3. The van der Waals surface area contributed by atoms with E-state index in [0.717, 1.165) is 19.2 Å². The third-order valence-electron chi connectivity index (χ3n) is 2.45. The zero-order valence-corrected chi connectivity index (χ0v) is 12.5. The highest BCUT2D eigenvalue weighted by molar-refractivity contribution is 6.03. The van der Waals surface area contributed by atoms with Gasteiger partial charge in [-0.25, -0.2) is 9.18 Å². The first kappa shape index (κ1) is 19.5. The van der Waals surface area contributed by atoms with Gasteiger partial charge in [0, 0.05) is 13.2 Å². The van der Waals surface area contributed by atoms with Gasteiger partial charge in [0.15, 0.2) is 11.6 Å². The molecule has 0 saturated carbocycles. The molecule has 0 heterocycles. The SMILES string of the molecule is COCC(=O)C(N=Nc1ccc(OC(F)(F)F)cc1F)C(=O)OC. The van der Waals surface area contributed by atoms with E-state index in [4.69, 9.17) is 0 Å². The zero-order chi connectivity index (χ0) is 18.3. The second-order valence-electron chi connectivity index (χ2n) is 4.20. The number of hydrogen-bond acceptors (Lipinski definition) is 7. The lowest BCUT2D eigenvalue weighted by atomic mass is 10.2. The van der Waals surface area contributed by atoms with Crippen molar-refractivity contribution in [3.8, 4) is 5.75 Å². The molecule has 0 fully saturated rings. The second kappa shape index (κ2) is 8.34. The van der Waals surface area contributed by atoms with Crippen LogP contribution in [0.25, 0.3) is 0 Å². The molecule has 1 aromatic carbocycles. The predicted molar refractivity (Wildman–Crippen MR) is 70.3 cm³/mol. The first-order valence-electron chi connectivity index (χ1n) is 6.23. The fraction of sp³-hybridized carbons (Fsp3) is 0.385. The molecule has 0 aliphatic rings. The Hall–Kier alpha value is -2.56. The van der Waals surface area contributed by atoms with Gasteiger partial charge in [-0.05, 0) is 12.1 Å². The van der Waals surface area contributed by atoms with E-state index in [1.807, 2.05) is 0 Å². The molecular formula is C13H12F4N2O5. The van der Waals surface area contributed by atoms with Crippen molar-refractivity contribution < 1.29 is 41.4 Å². The number of nitrogens with zero attached hydrogens (tertiary/aromatic N) is 2. The molecule has 0 radical (unpaired) electrons. The van der Waals surface area contributed by atoms with Crippen molar-refractivity contribution in [1.29, 1.82) is 0 Å². The van der Waals surface area contributed by atoms with E-state index in [1.165, 1.54) is 7.11 Å². The van der Waals surface area contributed by atoms with Gasteiger partial charge in [-0.1, -0.05) is 0 Å². The van der Waals surface area contributed by atoms with Gasteiger partial charge < -0.3 is 14.2 Å². The molecule has 0 bridgehead atoms. The summed E-state index contributed by atoms with van der Waals surface area (Å²) in [6.07, 6.45) is -4.97. The molecule has 0 saturated heterocycles. The summed E-state index contributed by atoms with van der Waals surface area (Å²) in [5, 5.41) is 6.72. The molecule has 1 atom stereocenters. The topological polar surface area (TPSA) is 86.5 Å².